The second-order valence-electron chi connectivity index (χ2n) is 13.7. The van der Waals surface area contributed by atoms with Gasteiger partial charge in [-0.3, -0.25) is 9.59 Å². The number of morpholine rings is 1. The molecule has 2 aliphatic heterocycles. The summed E-state index contributed by atoms with van der Waals surface area (Å²) in [6, 6.07) is 18.3. The van der Waals surface area contributed by atoms with Gasteiger partial charge in [0, 0.05) is 47.8 Å². The van der Waals surface area contributed by atoms with Crippen molar-refractivity contribution in [2.24, 2.45) is 5.41 Å². The Morgan fingerprint density at radius 3 is 2.57 bits per heavy atom. The predicted molar refractivity (Wildman–Crippen MR) is 177 cm³/mol. The van der Waals surface area contributed by atoms with E-state index >= 15 is 0 Å². The largest absolute Gasteiger partial charge is 0.374 e. The fraction of sp³-hybridized carbons (Fsp3) is 0.405. The third kappa shape index (κ3) is 5.36. The lowest BCUT2D eigenvalue weighted by Crippen LogP contribution is -2.50. The molecule has 8 rings (SSSR count). The molecule has 1 saturated carbocycles. The van der Waals surface area contributed by atoms with E-state index in [1.165, 1.54) is 5.56 Å². The van der Waals surface area contributed by atoms with Crippen molar-refractivity contribution in [3.8, 4) is 16.8 Å². The van der Waals surface area contributed by atoms with Gasteiger partial charge < -0.3 is 24.8 Å². The van der Waals surface area contributed by atoms with Crippen LogP contribution >= 0.6 is 0 Å². The molecule has 3 fully saturated rings. The van der Waals surface area contributed by atoms with Crippen molar-refractivity contribution in [2.75, 3.05) is 23.4 Å². The number of carbonyl (C=O) groups excluding carboxylic acids is 2. The standard InChI is InChI=1S/C37H40N6O3/c1-23-38-16-17-42(23)28-10-8-27(9-11-28)40-35(44)34(41-36(45)37(2)13-14-37)31-5-3-4-24-6-7-25(18-32(24)31)26-12-15-39-33(19-26)43-21-30-20-29(43)22-46-30/h6-12,15-19,29-31,34H,3-5,13-14,20-22H2,1-2H3,(H,40,44)(H,41,45)/t29-,30-,31-,34+/m1/s1. The van der Waals surface area contributed by atoms with Crippen molar-refractivity contribution in [3.05, 3.63) is 90.1 Å². The molecule has 9 nitrogen and oxygen atoms in total. The lowest BCUT2D eigenvalue weighted by atomic mass is 9.77. The number of aromatic nitrogens is 3. The van der Waals surface area contributed by atoms with Crippen LogP contribution in [0.3, 0.4) is 0 Å². The zero-order valence-electron chi connectivity index (χ0n) is 26.4. The summed E-state index contributed by atoms with van der Waals surface area (Å²) >= 11 is 0. The second kappa shape index (κ2) is 11.4. The highest BCUT2D eigenvalue weighted by atomic mass is 16.5. The fourth-order valence-electron chi connectivity index (χ4n) is 7.45. The minimum atomic E-state index is -0.692. The number of hydrogen-bond acceptors (Lipinski definition) is 6. The summed E-state index contributed by atoms with van der Waals surface area (Å²) in [7, 11) is 0. The number of imidazole rings is 1. The molecule has 2 amide bonds. The Labute approximate surface area is 269 Å². The molecule has 0 spiro atoms. The van der Waals surface area contributed by atoms with Crippen LogP contribution < -0.4 is 15.5 Å². The molecule has 0 unspecified atom stereocenters. The van der Waals surface area contributed by atoms with E-state index < -0.39 is 11.5 Å². The lowest BCUT2D eigenvalue weighted by molar-refractivity contribution is -0.130. The monoisotopic (exact) mass is 616 g/mol. The Morgan fingerprint density at radius 2 is 1.85 bits per heavy atom. The van der Waals surface area contributed by atoms with E-state index in [1.54, 1.807) is 6.20 Å². The number of hydrogen-bond donors (Lipinski definition) is 2. The Hall–Kier alpha value is -4.50. The lowest BCUT2D eigenvalue weighted by Gasteiger charge is -2.33. The average molecular weight is 617 g/mol. The van der Waals surface area contributed by atoms with Gasteiger partial charge in [0.1, 0.15) is 17.7 Å². The minimum absolute atomic E-state index is 0.0375. The van der Waals surface area contributed by atoms with Crippen LogP contribution in [0, 0.1) is 12.3 Å². The van der Waals surface area contributed by atoms with E-state index in [-0.39, 0.29) is 17.7 Å². The van der Waals surface area contributed by atoms with Crippen LogP contribution in [0.4, 0.5) is 11.5 Å². The molecule has 2 aliphatic carbocycles. The van der Waals surface area contributed by atoms with Crippen LogP contribution in [0.1, 0.15) is 61.9 Å². The number of anilines is 2. The van der Waals surface area contributed by atoms with Gasteiger partial charge in [0.05, 0.1) is 18.8 Å². The highest BCUT2D eigenvalue weighted by Gasteiger charge is 2.47. The number of rotatable bonds is 8. The summed E-state index contributed by atoms with van der Waals surface area (Å²) in [5.74, 6) is 1.51. The SMILES string of the molecule is Cc1nccn1-c1ccc(NC(=O)[C@@H](NC(=O)C2(C)CC2)[C@@H]2CCCc3ccc(-c4ccnc(N5C[C@H]6C[C@@H]5CO6)c4)cc32)cc1. The van der Waals surface area contributed by atoms with Crippen LogP contribution in [0.2, 0.25) is 0 Å². The summed E-state index contributed by atoms with van der Waals surface area (Å²) in [5, 5.41) is 6.35. The number of amides is 2. The van der Waals surface area contributed by atoms with E-state index in [0.29, 0.717) is 17.8 Å². The number of carbonyl (C=O) groups is 2. The van der Waals surface area contributed by atoms with Crippen molar-refractivity contribution in [2.45, 2.75) is 76.5 Å². The summed E-state index contributed by atoms with van der Waals surface area (Å²) < 4.78 is 7.81. The second-order valence-corrected chi connectivity index (χ2v) is 13.7. The molecule has 2 N–H and O–H groups in total. The highest BCUT2D eigenvalue weighted by molar-refractivity contribution is 5.99. The number of nitrogens with one attached hydrogen (secondary N) is 2. The van der Waals surface area contributed by atoms with E-state index in [0.717, 1.165) is 85.7 Å². The molecule has 4 heterocycles. The van der Waals surface area contributed by atoms with Crippen molar-refractivity contribution in [1.82, 2.24) is 19.9 Å². The summed E-state index contributed by atoms with van der Waals surface area (Å²) in [5.41, 5.74) is 5.85. The maximum Gasteiger partial charge on any atom is 0.247 e. The first kappa shape index (κ1) is 28.9. The smallest absolute Gasteiger partial charge is 0.247 e. The quantitative estimate of drug-likeness (QED) is 0.269. The molecule has 2 aromatic carbocycles. The summed E-state index contributed by atoms with van der Waals surface area (Å²) in [6.45, 7) is 5.59. The Balaban J connectivity index is 1.08. The van der Waals surface area contributed by atoms with Gasteiger partial charge in [0.25, 0.3) is 0 Å². The van der Waals surface area contributed by atoms with Crippen molar-refractivity contribution < 1.29 is 14.3 Å². The molecule has 9 heteroatoms. The van der Waals surface area contributed by atoms with Gasteiger partial charge in [0.15, 0.2) is 0 Å². The zero-order valence-corrected chi connectivity index (χ0v) is 26.4. The first-order valence-corrected chi connectivity index (χ1v) is 16.5. The van der Waals surface area contributed by atoms with Crippen LogP contribution in [0.5, 0.6) is 0 Å². The van der Waals surface area contributed by atoms with Crippen LogP contribution in [0.25, 0.3) is 16.8 Å². The summed E-state index contributed by atoms with van der Waals surface area (Å²) in [6.07, 6.45) is 11.4. The molecule has 2 bridgehead atoms. The van der Waals surface area contributed by atoms with Crippen LogP contribution in [-0.2, 0) is 20.7 Å². The van der Waals surface area contributed by atoms with Crippen LogP contribution in [-0.4, -0.2) is 57.7 Å². The molecule has 4 aromatic rings. The molecular weight excluding hydrogens is 576 g/mol. The predicted octanol–water partition coefficient (Wildman–Crippen LogP) is 5.56. The third-order valence-corrected chi connectivity index (χ3v) is 10.5. The molecular formula is C37H40N6O3. The normalized spacial score (nSPS) is 23.1. The van der Waals surface area contributed by atoms with Gasteiger partial charge in [-0.2, -0.15) is 0 Å². The maximum absolute atomic E-state index is 14.1. The minimum Gasteiger partial charge on any atom is -0.374 e. The number of nitrogens with zero attached hydrogens (tertiary/aromatic N) is 4. The van der Waals surface area contributed by atoms with E-state index in [1.807, 2.05) is 55.1 Å². The van der Waals surface area contributed by atoms with Gasteiger partial charge in [0.2, 0.25) is 11.8 Å². The molecule has 236 valence electrons. The van der Waals surface area contributed by atoms with Crippen molar-refractivity contribution in [1.29, 1.82) is 0 Å². The van der Waals surface area contributed by atoms with Gasteiger partial charge in [-0.05, 0) is 104 Å². The number of fused-ring (bicyclic) bond motifs is 3. The Bertz CT molecular complexity index is 1790. The third-order valence-electron chi connectivity index (χ3n) is 10.5. The molecule has 46 heavy (non-hydrogen) atoms. The fourth-order valence-corrected chi connectivity index (χ4v) is 7.45. The van der Waals surface area contributed by atoms with Gasteiger partial charge in [-0.25, -0.2) is 9.97 Å². The molecule has 4 aliphatic rings. The molecule has 0 radical (unpaired) electrons. The van der Waals surface area contributed by atoms with E-state index in [2.05, 4.69) is 50.8 Å². The molecule has 4 atom stereocenters. The van der Waals surface area contributed by atoms with Gasteiger partial charge in [-0.15, -0.1) is 0 Å². The van der Waals surface area contributed by atoms with Crippen molar-refractivity contribution in [3.63, 3.8) is 0 Å². The number of pyridine rings is 1. The zero-order chi connectivity index (χ0) is 31.4. The van der Waals surface area contributed by atoms with Gasteiger partial charge >= 0.3 is 0 Å². The maximum atomic E-state index is 14.1. The molecule has 2 aromatic heterocycles. The van der Waals surface area contributed by atoms with E-state index in [9.17, 15) is 9.59 Å². The first-order chi connectivity index (χ1) is 22.3. The van der Waals surface area contributed by atoms with Crippen LogP contribution in [0.15, 0.2) is 73.2 Å². The Kier molecular flexibility index (Phi) is 7.16. The topological polar surface area (TPSA) is 101 Å². The molecule has 2 saturated heterocycles. The summed E-state index contributed by atoms with van der Waals surface area (Å²) in [4.78, 5) is 38.9. The van der Waals surface area contributed by atoms with Gasteiger partial charge in [-0.1, -0.05) is 25.1 Å². The number of aryl methyl sites for hydroxylation is 2. The number of ether oxygens (including phenoxy) is 1. The number of benzene rings is 2. The van der Waals surface area contributed by atoms with Crippen molar-refractivity contribution >= 4 is 23.3 Å². The Morgan fingerprint density at radius 1 is 1.02 bits per heavy atom. The average Bonchev–Trinajstić information content (AvgIpc) is 3.40. The first-order valence-electron chi connectivity index (χ1n) is 16.5. The van der Waals surface area contributed by atoms with E-state index in [4.69, 9.17) is 9.72 Å². The highest BCUT2D eigenvalue weighted by Crippen LogP contribution is 2.46.